The molecule has 3 aromatic rings. The zero-order valence-corrected chi connectivity index (χ0v) is 14.6. The van der Waals surface area contributed by atoms with Crippen LogP contribution in [-0.2, 0) is 6.54 Å². The van der Waals surface area contributed by atoms with E-state index < -0.39 is 0 Å². The molecule has 24 heavy (non-hydrogen) atoms. The number of aliphatic hydroxyl groups excluding tert-OH is 1. The molecule has 0 saturated heterocycles. The Balaban J connectivity index is 1.60. The van der Waals surface area contributed by atoms with Gasteiger partial charge in [-0.25, -0.2) is 4.98 Å². The molecule has 1 aromatic carbocycles. The van der Waals surface area contributed by atoms with E-state index in [0.717, 1.165) is 65.3 Å². The van der Waals surface area contributed by atoms with Crippen LogP contribution in [0.5, 0.6) is 5.75 Å². The van der Waals surface area contributed by atoms with Gasteiger partial charge in [-0.2, -0.15) is 0 Å². The third-order valence-corrected chi connectivity index (χ3v) is 4.94. The molecule has 7 heteroatoms. The predicted molar refractivity (Wildman–Crippen MR) is 95.4 cm³/mol. The molecule has 2 heterocycles. The Labute approximate surface area is 145 Å². The molecule has 0 aliphatic carbocycles. The molecule has 0 aliphatic rings. The molecule has 6 nitrogen and oxygen atoms in total. The Morgan fingerprint density at radius 2 is 2.00 bits per heavy atom. The van der Waals surface area contributed by atoms with Crippen LogP contribution in [0.2, 0.25) is 0 Å². The highest BCUT2D eigenvalue weighted by Crippen LogP contribution is 2.31. The fourth-order valence-corrected chi connectivity index (χ4v) is 3.51. The van der Waals surface area contributed by atoms with Crippen molar-refractivity contribution in [2.75, 3.05) is 13.7 Å². The number of unbranched alkanes of at least 4 members (excludes halogenated alkanes) is 4. The van der Waals surface area contributed by atoms with Crippen molar-refractivity contribution in [3.8, 4) is 16.5 Å². The summed E-state index contributed by atoms with van der Waals surface area (Å²) in [7, 11) is 1.67. The van der Waals surface area contributed by atoms with E-state index in [1.54, 1.807) is 18.4 Å². The van der Waals surface area contributed by atoms with E-state index in [9.17, 15) is 0 Å². The number of aryl methyl sites for hydroxylation is 1. The van der Waals surface area contributed by atoms with Gasteiger partial charge in [-0.05, 0) is 31.0 Å². The average Bonchev–Trinajstić information content (AvgIpc) is 3.23. The number of methoxy groups -OCH3 is 1. The molecule has 0 bridgehead atoms. The van der Waals surface area contributed by atoms with Gasteiger partial charge in [0.05, 0.1) is 23.5 Å². The highest BCUT2D eigenvalue weighted by Gasteiger charge is 2.10. The first-order valence-electron chi connectivity index (χ1n) is 8.26. The Kier molecular flexibility index (Phi) is 5.77. The standard InChI is InChI=1S/C17H22N4O2S/c1-23-13-7-8-14-16(11-13)24-17(18-14)15-12-21(20-19-15)9-5-3-2-4-6-10-22/h7-8,11-12,22H,2-6,9-10H2,1H3. The smallest absolute Gasteiger partial charge is 0.146 e. The number of aromatic nitrogens is 4. The number of ether oxygens (including phenoxy) is 1. The lowest BCUT2D eigenvalue weighted by atomic mass is 10.1. The minimum absolute atomic E-state index is 0.292. The van der Waals surface area contributed by atoms with Crippen molar-refractivity contribution in [2.24, 2.45) is 0 Å². The number of nitrogens with zero attached hydrogens (tertiary/aromatic N) is 4. The molecule has 2 aromatic heterocycles. The van der Waals surface area contributed by atoms with Crippen LogP contribution in [-0.4, -0.2) is 38.8 Å². The van der Waals surface area contributed by atoms with E-state index >= 15 is 0 Å². The van der Waals surface area contributed by atoms with Gasteiger partial charge in [0.25, 0.3) is 0 Å². The van der Waals surface area contributed by atoms with Crippen molar-refractivity contribution in [2.45, 2.75) is 38.6 Å². The van der Waals surface area contributed by atoms with Gasteiger partial charge in [0.1, 0.15) is 16.5 Å². The quantitative estimate of drug-likeness (QED) is 0.600. The summed E-state index contributed by atoms with van der Waals surface area (Å²) < 4.78 is 8.22. The molecule has 0 radical (unpaired) electrons. The van der Waals surface area contributed by atoms with Gasteiger partial charge in [-0.15, -0.1) is 16.4 Å². The summed E-state index contributed by atoms with van der Waals surface area (Å²) in [5.41, 5.74) is 1.77. The molecule has 0 fully saturated rings. The summed E-state index contributed by atoms with van der Waals surface area (Å²) in [6.07, 6.45) is 7.33. The average molecular weight is 346 g/mol. The second-order valence-corrected chi connectivity index (χ2v) is 6.74. The molecule has 0 amide bonds. The lowest BCUT2D eigenvalue weighted by molar-refractivity contribution is 0.282. The van der Waals surface area contributed by atoms with Gasteiger partial charge in [0.15, 0.2) is 0 Å². The third kappa shape index (κ3) is 4.10. The minimum Gasteiger partial charge on any atom is -0.497 e. The van der Waals surface area contributed by atoms with Crippen LogP contribution in [0.25, 0.3) is 20.9 Å². The summed E-state index contributed by atoms with van der Waals surface area (Å²) in [4.78, 5) is 4.63. The third-order valence-electron chi connectivity index (χ3n) is 3.90. The topological polar surface area (TPSA) is 73.1 Å². The van der Waals surface area contributed by atoms with E-state index in [2.05, 4.69) is 15.3 Å². The summed E-state index contributed by atoms with van der Waals surface area (Å²) in [6, 6.07) is 5.87. The predicted octanol–water partition coefficient (Wildman–Crippen LogP) is 3.51. The van der Waals surface area contributed by atoms with Gasteiger partial charge in [-0.1, -0.05) is 24.5 Å². The molecule has 0 unspecified atom stereocenters. The molecule has 3 rings (SSSR count). The van der Waals surface area contributed by atoms with Crippen molar-refractivity contribution in [3.63, 3.8) is 0 Å². The van der Waals surface area contributed by atoms with Crippen LogP contribution in [0.3, 0.4) is 0 Å². The monoisotopic (exact) mass is 346 g/mol. The fraction of sp³-hybridized carbons (Fsp3) is 0.471. The van der Waals surface area contributed by atoms with E-state index in [0.29, 0.717) is 6.61 Å². The minimum atomic E-state index is 0.292. The maximum Gasteiger partial charge on any atom is 0.146 e. The van der Waals surface area contributed by atoms with Gasteiger partial charge < -0.3 is 9.84 Å². The largest absolute Gasteiger partial charge is 0.497 e. The highest BCUT2D eigenvalue weighted by atomic mass is 32.1. The van der Waals surface area contributed by atoms with E-state index in [1.165, 1.54) is 0 Å². The summed E-state index contributed by atoms with van der Waals surface area (Å²) >= 11 is 1.60. The van der Waals surface area contributed by atoms with Crippen LogP contribution in [0.1, 0.15) is 32.1 Å². The fourth-order valence-electron chi connectivity index (χ4n) is 2.56. The van der Waals surface area contributed by atoms with E-state index in [-0.39, 0.29) is 0 Å². The number of aliphatic hydroxyl groups is 1. The first-order valence-corrected chi connectivity index (χ1v) is 9.08. The molecular formula is C17H22N4O2S. The maximum atomic E-state index is 8.76. The lowest BCUT2D eigenvalue weighted by Gasteiger charge is -2.00. The first kappa shape index (κ1) is 16.9. The Hall–Kier alpha value is -1.99. The highest BCUT2D eigenvalue weighted by molar-refractivity contribution is 7.21. The van der Waals surface area contributed by atoms with Crippen LogP contribution in [0.4, 0.5) is 0 Å². The number of hydrogen-bond donors (Lipinski definition) is 1. The molecule has 0 atom stereocenters. The van der Waals surface area contributed by atoms with Crippen LogP contribution in [0.15, 0.2) is 24.4 Å². The number of fused-ring (bicyclic) bond motifs is 1. The lowest BCUT2D eigenvalue weighted by Crippen LogP contribution is -1.98. The summed E-state index contributed by atoms with van der Waals surface area (Å²) in [5.74, 6) is 0.836. The zero-order valence-electron chi connectivity index (χ0n) is 13.8. The SMILES string of the molecule is COc1ccc2nc(-c3cn(CCCCCCCO)nn3)sc2c1. The van der Waals surface area contributed by atoms with Gasteiger partial charge in [0, 0.05) is 13.2 Å². The molecule has 0 spiro atoms. The van der Waals surface area contributed by atoms with Crippen LogP contribution in [0, 0.1) is 0 Å². The van der Waals surface area contributed by atoms with Crippen molar-refractivity contribution < 1.29 is 9.84 Å². The Morgan fingerprint density at radius 3 is 2.83 bits per heavy atom. The van der Waals surface area contributed by atoms with Gasteiger partial charge >= 0.3 is 0 Å². The number of benzene rings is 1. The zero-order chi connectivity index (χ0) is 16.8. The first-order chi connectivity index (χ1) is 11.8. The van der Waals surface area contributed by atoms with E-state index in [1.807, 2.05) is 29.1 Å². The molecule has 1 N–H and O–H groups in total. The second-order valence-electron chi connectivity index (χ2n) is 5.71. The molecule has 128 valence electrons. The Bertz CT molecular complexity index is 784. The van der Waals surface area contributed by atoms with E-state index in [4.69, 9.17) is 9.84 Å². The molecule has 0 saturated carbocycles. The van der Waals surface area contributed by atoms with Crippen molar-refractivity contribution in [1.29, 1.82) is 0 Å². The molecular weight excluding hydrogens is 324 g/mol. The maximum absolute atomic E-state index is 8.76. The normalized spacial score (nSPS) is 11.2. The number of rotatable bonds is 9. The second kappa shape index (κ2) is 8.21. The number of hydrogen-bond acceptors (Lipinski definition) is 6. The van der Waals surface area contributed by atoms with Crippen molar-refractivity contribution >= 4 is 21.6 Å². The van der Waals surface area contributed by atoms with Crippen LogP contribution >= 0.6 is 11.3 Å². The number of thiazole rings is 1. The van der Waals surface area contributed by atoms with Crippen LogP contribution < -0.4 is 4.74 Å². The van der Waals surface area contributed by atoms with Gasteiger partial charge in [-0.3, -0.25) is 4.68 Å². The summed E-state index contributed by atoms with van der Waals surface area (Å²) in [5, 5.41) is 18.1. The van der Waals surface area contributed by atoms with Crippen molar-refractivity contribution in [3.05, 3.63) is 24.4 Å². The summed E-state index contributed by atoms with van der Waals surface area (Å²) in [6.45, 7) is 1.16. The molecule has 0 aliphatic heterocycles. The Morgan fingerprint density at radius 1 is 1.17 bits per heavy atom. The van der Waals surface area contributed by atoms with Gasteiger partial charge in [0.2, 0.25) is 0 Å². The van der Waals surface area contributed by atoms with Crippen molar-refractivity contribution in [1.82, 2.24) is 20.0 Å².